The van der Waals surface area contributed by atoms with E-state index in [0.29, 0.717) is 10.4 Å². The highest BCUT2D eigenvalue weighted by Crippen LogP contribution is 2.39. The largest absolute Gasteiger partial charge is 0.503 e. The third-order valence-corrected chi connectivity index (χ3v) is 5.16. The molecule has 5 nitrogen and oxygen atoms in total. The molecule has 7 heteroatoms. The van der Waals surface area contributed by atoms with Crippen molar-refractivity contribution in [3.05, 3.63) is 68.0 Å². The van der Waals surface area contributed by atoms with Crippen molar-refractivity contribution < 1.29 is 19.8 Å². The van der Waals surface area contributed by atoms with Crippen molar-refractivity contribution in [2.45, 2.75) is 6.04 Å². The van der Waals surface area contributed by atoms with Crippen LogP contribution in [0.4, 0.5) is 0 Å². The lowest BCUT2D eigenvalue weighted by Gasteiger charge is -2.26. The number of Topliss-reactive ketones (excluding diaryl/α,β-unsaturated/α-hetero) is 1. The van der Waals surface area contributed by atoms with Crippen molar-refractivity contribution in [1.29, 1.82) is 0 Å². The Hall–Kier alpha value is -1.96. The average molecular weight is 408 g/mol. The summed E-state index contributed by atoms with van der Waals surface area (Å²) in [5.74, 6) is -1.57. The molecule has 24 heavy (non-hydrogen) atoms. The molecule has 0 aliphatic carbocycles. The summed E-state index contributed by atoms with van der Waals surface area (Å²) >= 11 is 4.63. The molecule has 2 N–H and O–H groups in total. The van der Waals surface area contributed by atoms with Crippen molar-refractivity contribution in [3.63, 3.8) is 0 Å². The van der Waals surface area contributed by atoms with Crippen molar-refractivity contribution in [2.24, 2.45) is 0 Å². The molecule has 0 saturated carbocycles. The molecule has 0 saturated heterocycles. The number of aliphatic hydroxyl groups excluding tert-OH is 2. The topological polar surface area (TPSA) is 77.8 Å². The van der Waals surface area contributed by atoms with Gasteiger partial charge in [-0.3, -0.25) is 9.59 Å². The molecule has 0 bridgehead atoms. The van der Waals surface area contributed by atoms with E-state index >= 15 is 0 Å². The molecule has 2 aromatic rings. The predicted octanol–water partition coefficient (Wildman–Crippen LogP) is 3.08. The minimum Gasteiger partial charge on any atom is -0.503 e. The van der Waals surface area contributed by atoms with Gasteiger partial charge in [0.15, 0.2) is 5.76 Å². The highest BCUT2D eigenvalue weighted by Gasteiger charge is 2.43. The second-order valence-electron chi connectivity index (χ2n) is 5.25. The first kappa shape index (κ1) is 16.9. The van der Waals surface area contributed by atoms with Crippen LogP contribution in [0.1, 0.15) is 21.3 Å². The minimum atomic E-state index is -0.725. The number of hydrogen-bond acceptors (Lipinski definition) is 5. The van der Waals surface area contributed by atoms with E-state index in [1.54, 1.807) is 35.7 Å². The SMILES string of the molecule is O=C(C1=C(O)C(=O)N(CCO)C1c1cccc(Br)c1)c1cccs1. The number of nitrogens with zero attached hydrogens (tertiary/aromatic N) is 1. The van der Waals surface area contributed by atoms with Crippen molar-refractivity contribution in [2.75, 3.05) is 13.2 Å². The summed E-state index contributed by atoms with van der Waals surface area (Å²) in [5.41, 5.74) is 0.740. The summed E-state index contributed by atoms with van der Waals surface area (Å²) in [6.45, 7) is -0.231. The molecule has 2 heterocycles. The van der Waals surface area contributed by atoms with Crippen LogP contribution in [0.5, 0.6) is 0 Å². The highest BCUT2D eigenvalue weighted by atomic mass is 79.9. The number of carbonyl (C=O) groups is 2. The Morgan fingerprint density at radius 2 is 2.08 bits per heavy atom. The fourth-order valence-electron chi connectivity index (χ4n) is 2.79. The lowest BCUT2D eigenvalue weighted by molar-refractivity contribution is -0.129. The third-order valence-electron chi connectivity index (χ3n) is 3.80. The Kier molecular flexibility index (Phi) is 4.84. The van der Waals surface area contributed by atoms with E-state index in [9.17, 15) is 19.8 Å². The number of carbonyl (C=O) groups excluding carboxylic acids is 2. The van der Waals surface area contributed by atoms with Gasteiger partial charge in [-0.25, -0.2) is 0 Å². The van der Waals surface area contributed by atoms with Crippen molar-refractivity contribution in [1.82, 2.24) is 4.90 Å². The molecule has 1 amide bonds. The molecule has 1 aromatic heterocycles. The van der Waals surface area contributed by atoms with Gasteiger partial charge in [-0.05, 0) is 29.1 Å². The quantitative estimate of drug-likeness (QED) is 0.746. The molecule has 3 rings (SSSR count). The summed E-state index contributed by atoms with van der Waals surface area (Å²) in [6, 6.07) is 9.88. The molecular formula is C17H14BrNO4S. The molecule has 1 unspecified atom stereocenters. The van der Waals surface area contributed by atoms with Crippen LogP contribution in [0.3, 0.4) is 0 Å². The molecule has 1 aliphatic rings. The first-order chi connectivity index (χ1) is 11.5. The van der Waals surface area contributed by atoms with Gasteiger partial charge in [0.05, 0.1) is 23.1 Å². The van der Waals surface area contributed by atoms with Crippen molar-refractivity contribution >= 4 is 39.0 Å². The average Bonchev–Trinajstić information content (AvgIpc) is 3.17. The van der Waals surface area contributed by atoms with Crippen LogP contribution in [-0.2, 0) is 4.79 Å². The van der Waals surface area contributed by atoms with E-state index in [1.807, 2.05) is 6.07 Å². The minimum absolute atomic E-state index is 0.0291. The van der Waals surface area contributed by atoms with Gasteiger partial charge in [0, 0.05) is 11.0 Å². The molecule has 1 aliphatic heterocycles. The molecule has 0 fully saturated rings. The molecule has 0 spiro atoms. The molecule has 1 atom stereocenters. The summed E-state index contributed by atoms with van der Waals surface area (Å²) < 4.78 is 0.797. The van der Waals surface area contributed by atoms with Crippen LogP contribution in [-0.4, -0.2) is 40.0 Å². The normalized spacial score (nSPS) is 17.7. The number of rotatable bonds is 5. The van der Waals surface area contributed by atoms with Crippen LogP contribution >= 0.6 is 27.3 Å². The number of hydrogen-bond donors (Lipinski definition) is 2. The van der Waals surface area contributed by atoms with Gasteiger partial charge in [-0.1, -0.05) is 34.1 Å². The molecule has 1 aromatic carbocycles. The maximum atomic E-state index is 12.8. The Labute approximate surface area is 151 Å². The second kappa shape index (κ2) is 6.88. The van der Waals surface area contributed by atoms with Gasteiger partial charge < -0.3 is 15.1 Å². The number of β-amino-alcohol motifs (C(OH)–C–C–N with tert-alkyl or cyclic N) is 1. The number of benzene rings is 1. The van der Waals surface area contributed by atoms with E-state index in [2.05, 4.69) is 15.9 Å². The first-order valence-corrected chi connectivity index (χ1v) is 8.90. The third kappa shape index (κ3) is 2.90. The second-order valence-corrected chi connectivity index (χ2v) is 7.11. The standard InChI is InChI=1S/C17H14BrNO4S/c18-11-4-1-3-10(9-11)14-13(15(21)12-5-2-8-24-12)16(22)17(23)19(14)6-7-20/h1-5,8-9,14,20,22H,6-7H2. The Morgan fingerprint density at radius 3 is 2.71 bits per heavy atom. The van der Waals surface area contributed by atoms with Crippen LogP contribution in [0, 0.1) is 0 Å². The van der Waals surface area contributed by atoms with Crippen LogP contribution in [0.15, 0.2) is 57.6 Å². The number of amides is 1. The zero-order chi connectivity index (χ0) is 17.3. The van der Waals surface area contributed by atoms with E-state index < -0.39 is 17.7 Å². The van der Waals surface area contributed by atoms with Gasteiger partial charge in [0.25, 0.3) is 5.91 Å². The maximum absolute atomic E-state index is 12.8. The molecule has 0 radical (unpaired) electrons. The zero-order valence-electron chi connectivity index (χ0n) is 12.5. The Morgan fingerprint density at radius 1 is 1.29 bits per heavy atom. The van der Waals surface area contributed by atoms with Gasteiger partial charge >= 0.3 is 0 Å². The molecular weight excluding hydrogens is 394 g/mol. The summed E-state index contributed by atoms with van der Waals surface area (Å²) in [7, 11) is 0. The molecule has 124 valence electrons. The van der Waals surface area contributed by atoms with E-state index in [0.717, 1.165) is 4.47 Å². The van der Waals surface area contributed by atoms with Gasteiger partial charge in [0.2, 0.25) is 5.78 Å². The lowest BCUT2D eigenvalue weighted by Crippen LogP contribution is -2.33. The summed E-state index contributed by atoms with van der Waals surface area (Å²) in [6.07, 6.45) is 0. The predicted molar refractivity (Wildman–Crippen MR) is 94.0 cm³/mol. The van der Waals surface area contributed by atoms with Crippen LogP contribution in [0.25, 0.3) is 0 Å². The van der Waals surface area contributed by atoms with Gasteiger partial charge in [-0.15, -0.1) is 11.3 Å². The lowest BCUT2D eigenvalue weighted by atomic mass is 9.95. The fraction of sp³-hybridized carbons (Fsp3) is 0.176. The van der Waals surface area contributed by atoms with E-state index in [-0.39, 0.29) is 24.5 Å². The Balaban J connectivity index is 2.12. The number of aliphatic hydroxyl groups is 2. The zero-order valence-corrected chi connectivity index (χ0v) is 14.9. The smallest absolute Gasteiger partial charge is 0.290 e. The van der Waals surface area contributed by atoms with Crippen LogP contribution < -0.4 is 0 Å². The number of halogens is 1. The van der Waals surface area contributed by atoms with Gasteiger partial charge in [0.1, 0.15) is 0 Å². The van der Waals surface area contributed by atoms with Crippen LogP contribution in [0.2, 0.25) is 0 Å². The maximum Gasteiger partial charge on any atom is 0.290 e. The summed E-state index contributed by atoms with van der Waals surface area (Å²) in [5, 5.41) is 21.3. The van der Waals surface area contributed by atoms with E-state index in [4.69, 9.17) is 0 Å². The number of thiophene rings is 1. The first-order valence-electron chi connectivity index (χ1n) is 7.23. The van der Waals surface area contributed by atoms with E-state index in [1.165, 1.54) is 16.2 Å². The Bertz CT molecular complexity index is 816. The number of ketones is 1. The van der Waals surface area contributed by atoms with Crippen molar-refractivity contribution in [3.8, 4) is 0 Å². The summed E-state index contributed by atoms with van der Waals surface area (Å²) in [4.78, 5) is 27.0. The van der Waals surface area contributed by atoms with Gasteiger partial charge in [-0.2, -0.15) is 0 Å². The monoisotopic (exact) mass is 407 g/mol. The fourth-order valence-corrected chi connectivity index (χ4v) is 3.88. The highest BCUT2D eigenvalue weighted by molar-refractivity contribution is 9.10.